The monoisotopic (exact) mass is 376 g/mol. The molecule has 7 heteroatoms. The molecule has 0 N–H and O–H groups in total. The second kappa shape index (κ2) is 7.22. The molecule has 1 aliphatic heterocycles. The maximum atomic E-state index is 13.0. The average molecular weight is 376 g/mol. The quantitative estimate of drug-likeness (QED) is 0.703. The molecule has 28 heavy (non-hydrogen) atoms. The van der Waals surface area contributed by atoms with Gasteiger partial charge < -0.3 is 14.4 Å². The van der Waals surface area contributed by atoms with Crippen LogP contribution in [0.25, 0.3) is 11.2 Å². The van der Waals surface area contributed by atoms with Crippen molar-refractivity contribution in [1.29, 1.82) is 0 Å². The Morgan fingerprint density at radius 3 is 2.61 bits per heavy atom. The largest absolute Gasteiger partial charge is 0.367 e. The van der Waals surface area contributed by atoms with Gasteiger partial charge in [-0.3, -0.25) is 9.78 Å². The van der Waals surface area contributed by atoms with Gasteiger partial charge in [0.1, 0.15) is 5.52 Å². The Morgan fingerprint density at radius 2 is 1.86 bits per heavy atom. The van der Waals surface area contributed by atoms with Crippen LogP contribution in [-0.2, 0) is 0 Å². The molecule has 0 atom stereocenters. The minimum atomic E-state index is 0.0376. The van der Waals surface area contributed by atoms with Crippen LogP contribution in [0, 0.1) is 0 Å². The molecule has 144 valence electrons. The van der Waals surface area contributed by atoms with Gasteiger partial charge in [0.05, 0.1) is 23.8 Å². The van der Waals surface area contributed by atoms with Crippen molar-refractivity contribution in [2.75, 3.05) is 31.1 Å². The summed E-state index contributed by atoms with van der Waals surface area (Å²) in [4.78, 5) is 30.4. The van der Waals surface area contributed by atoms with Crippen LogP contribution in [0.2, 0.25) is 0 Å². The van der Waals surface area contributed by atoms with Gasteiger partial charge in [0.15, 0.2) is 5.65 Å². The molecule has 5 rings (SSSR count). The molecule has 0 aromatic carbocycles. The van der Waals surface area contributed by atoms with Crippen LogP contribution < -0.4 is 4.90 Å². The van der Waals surface area contributed by atoms with Gasteiger partial charge in [-0.2, -0.15) is 0 Å². The highest BCUT2D eigenvalue weighted by molar-refractivity contribution is 5.96. The fourth-order valence-electron chi connectivity index (χ4n) is 4.38. The summed E-state index contributed by atoms with van der Waals surface area (Å²) >= 11 is 0. The molecule has 1 saturated carbocycles. The molecule has 7 nitrogen and oxygen atoms in total. The van der Waals surface area contributed by atoms with E-state index in [0.717, 1.165) is 29.9 Å². The zero-order valence-electron chi connectivity index (χ0n) is 15.9. The summed E-state index contributed by atoms with van der Waals surface area (Å²) in [6.07, 6.45) is 12.2. The molecular formula is C21H24N6O. The first-order chi connectivity index (χ1) is 13.8. The number of anilines is 1. The third-order valence-corrected chi connectivity index (χ3v) is 5.96. The topological polar surface area (TPSA) is 67.2 Å². The van der Waals surface area contributed by atoms with E-state index in [2.05, 4.69) is 30.5 Å². The van der Waals surface area contributed by atoms with Crippen molar-refractivity contribution in [3.05, 3.63) is 48.7 Å². The van der Waals surface area contributed by atoms with Crippen molar-refractivity contribution in [3.63, 3.8) is 0 Å². The number of imidazole rings is 1. The summed E-state index contributed by atoms with van der Waals surface area (Å²) in [5.41, 5.74) is 3.44. The van der Waals surface area contributed by atoms with Crippen molar-refractivity contribution >= 4 is 22.8 Å². The van der Waals surface area contributed by atoms with Crippen LogP contribution in [0.15, 0.2) is 43.1 Å². The Hall–Kier alpha value is -2.96. The van der Waals surface area contributed by atoms with Gasteiger partial charge in [0.2, 0.25) is 0 Å². The Bertz CT molecular complexity index is 971. The van der Waals surface area contributed by atoms with E-state index in [0.29, 0.717) is 24.7 Å². The molecule has 0 bridgehead atoms. The Balaban J connectivity index is 1.30. The molecule has 2 fully saturated rings. The first-order valence-corrected chi connectivity index (χ1v) is 10.1. The Labute approximate surface area is 164 Å². The van der Waals surface area contributed by atoms with Gasteiger partial charge in [-0.15, -0.1) is 0 Å². The minimum Gasteiger partial charge on any atom is -0.367 e. The fourth-order valence-corrected chi connectivity index (χ4v) is 4.38. The van der Waals surface area contributed by atoms with Crippen LogP contribution in [0.3, 0.4) is 0 Å². The number of nitrogens with zero attached hydrogens (tertiary/aromatic N) is 6. The summed E-state index contributed by atoms with van der Waals surface area (Å²) in [5, 5.41) is 0. The van der Waals surface area contributed by atoms with Crippen molar-refractivity contribution in [1.82, 2.24) is 24.4 Å². The highest BCUT2D eigenvalue weighted by atomic mass is 16.2. The number of hydrogen-bond acceptors (Lipinski definition) is 5. The second-order valence-corrected chi connectivity index (χ2v) is 7.65. The molecule has 1 saturated heterocycles. The number of pyridine rings is 2. The maximum absolute atomic E-state index is 13.0. The van der Waals surface area contributed by atoms with E-state index in [9.17, 15) is 4.79 Å². The van der Waals surface area contributed by atoms with E-state index < -0.39 is 0 Å². The van der Waals surface area contributed by atoms with E-state index in [-0.39, 0.29) is 5.91 Å². The van der Waals surface area contributed by atoms with E-state index >= 15 is 0 Å². The highest BCUT2D eigenvalue weighted by Crippen LogP contribution is 2.31. The fraction of sp³-hybridized carbons (Fsp3) is 0.429. The molecule has 0 spiro atoms. The number of aromatic nitrogens is 4. The normalized spacial score (nSPS) is 18.1. The summed E-state index contributed by atoms with van der Waals surface area (Å²) in [6.45, 7) is 3.01. The predicted octanol–water partition coefficient (Wildman–Crippen LogP) is 2.90. The van der Waals surface area contributed by atoms with Gasteiger partial charge >= 0.3 is 0 Å². The molecule has 2 aliphatic rings. The molecule has 4 heterocycles. The third kappa shape index (κ3) is 3.10. The molecule has 3 aromatic rings. The lowest BCUT2D eigenvalue weighted by molar-refractivity contribution is 0.0746. The number of fused-ring (bicyclic) bond motifs is 1. The number of carbonyl (C=O) groups excluding carboxylic acids is 1. The number of rotatable bonds is 3. The predicted molar refractivity (Wildman–Crippen MR) is 107 cm³/mol. The van der Waals surface area contributed by atoms with Crippen LogP contribution in [0.5, 0.6) is 0 Å². The van der Waals surface area contributed by atoms with Crippen molar-refractivity contribution in [2.24, 2.45) is 0 Å². The average Bonchev–Trinajstić information content (AvgIpc) is 3.43. The van der Waals surface area contributed by atoms with Crippen molar-refractivity contribution in [3.8, 4) is 0 Å². The van der Waals surface area contributed by atoms with Crippen LogP contribution in [0.1, 0.15) is 42.1 Å². The summed E-state index contributed by atoms with van der Waals surface area (Å²) in [7, 11) is 0. The molecular weight excluding hydrogens is 352 g/mol. The zero-order valence-corrected chi connectivity index (χ0v) is 15.9. The summed E-state index contributed by atoms with van der Waals surface area (Å²) in [5.74, 6) is 0.0376. The van der Waals surface area contributed by atoms with Gasteiger partial charge in [0.25, 0.3) is 5.91 Å². The zero-order chi connectivity index (χ0) is 18.9. The van der Waals surface area contributed by atoms with Crippen LogP contribution in [0.4, 0.5) is 5.69 Å². The van der Waals surface area contributed by atoms with Crippen molar-refractivity contribution in [2.45, 2.75) is 31.7 Å². The first-order valence-electron chi connectivity index (χ1n) is 10.1. The standard InChI is InChI=1S/C21H24N6O/c28-21(26-10-8-25(9-11-26)18-6-3-7-22-14-18)16-12-19-20(23-13-16)27(15-24-19)17-4-1-2-5-17/h3,6-7,12-15,17H,1-2,4-5,8-11H2. The Kier molecular flexibility index (Phi) is 4.43. The van der Waals surface area contributed by atoms with Gasteiger partial charge in [-0.25, -0.2) is 9.97 Å². The highest BCUT2D eigenvalue weighted by Gasteiger charge is 2.24. The third-order valence-electron chi connectivity index (χ3n) is 5.96. The van der Waals surface area contributed by atoms with E-state index in [1.165, 1.54) is 25.7 Å². The number of hydrogen-bond donors (Lipinski definition) is 0. The smallest absolute Gasteiger partial charge is 0.255 e. The van der Waals surface area contributed by atoms with Gasteiger partial charge in [-0.05, 0) is 31.0 Å². The minimum absolute atomic E-state index is 0.0376. The molecule has 0 radical (unpaired) electrons. The molecule has 3 aromatic heterocycles. The van der Waals surface area contributed by atoms with E-state index in [4.69, 9.17) is 0 Å². The van der Waals surface area contributed by atoms with E-state index in [1.54, 1.807) is 12.4 Å². The molecule has 0 unspecified atom stereocenters. The lowest BCUT2D eigenvalue weighted by Crippen LogP contribution is -2.48. The number of carbonyl (C=O) groups is 1. The SMILES string of the molecule is O=C(c1cnc2c(c1)ncn2C1CCCC1)N1CCN(c2cccnc2)CC1. The molecule has 1 aliphatic carbocycles. The molecule has 1 amide bonds. The number of piperazine rings is 1. The lowest BCUT2D eigenvalue weighted by Gasteiger charge is -2.35. The van der Waals surface area contributed by atoms with Crippen molar-refractivity contribution < 1.29 is 4.79 Å². The van der Waals surface area contributed by atoms with Crippen LogP contribution >= 0.6 is 0 Å². The summed E-state index contributed by atoms with van der Waals surface area (Å²) < 4.78 is 2.18. The van der Waals surface area contributed by atoms with E-state index in [1.807, 2.05) is 29.6 Å². The lowest BCUT2D eigenvalue weighted by atomic mass is 10.2. The van der Waals surface area contributed by atoms with Gasteiger partial charge in [-0.1, -0.05) is 12.8 Å². The van der Waals surface area contributed by atoms with Gasteiger partial charge in [0, 0.05) is 44.6 Å². The maximum Gasteiger partial charge on any atom is 0.255 e. The Morgan fingerprint density at radius 1 is 1.04 bits per heavy atom. The number of amides is 1. The first kappa shape index (κ1) is 17.2. The second-order valence-electron chi connectivity index (χ2n) is 7.65. The van der Waals surface area contributed by atoms with Crippen LogP contribution in [-0.4, -0.2) is 56.5 Å². The summed E-state index contributed by atoms with van der Waals surface area (Å²) in [6, 6.07) is 6.39.